The maximum atomic E-state index is 5.12. The van der Waals surface area contributed by atoms with E-state index in [2.05, 4.69) is 13.0 Å². The van der Waals surface area contributed by atoms with Crippen LogP contribution in [0.4, 0.5) is 14.1 Å². The normalized spacial score (nSPS) is 7.46. The van der Waals surface area contributed by atoms with Crippen molar-refractivity contribution in [1.29, 1.82) is 0 Å². The zero-order valence-corrected chi connectivity index (χ0v) is 8.17. The Balaban J connectivity index is -0.000000333. The maximum Gasteiger partial charge on any atom is 0.0409 e. The molecule has 1 aromatic rings. The van der Waals surface area contributed by atoms with Crippen LogP contribution in [0, 0.1) is 0 Å². The molecule has 1 aromatic carbocycles. The van der Waals surface area contributed by atoms with Crippen molar-refractivity contribution < 1.29 is 14.1 Å². The summed E-state index contributed by atoms with van der Waals surface area (Å²) in [5, 5.41) is 0. The lowest BCUT2D eigenvalue weighted by molar-refractivity contribution is 0.901. The highest BCUT2D eigenvalue weighted by Gasteiger charge is 1.94. The predicted octanol–water partition coefficient (Wildman–Crippen LogP) is 3.65. The molecular formula is C9H14F3S. The Kier molecular flexibility index (Phi) is 13.0. The number of hydrogen-bond donors (Lipinski definition) is 0. The third-order valence-electron chi connectivity index (χ3n) is 1.49. The van der Waals surface area contributed by atoms with Crippen molar-refractivity contribution in [2.24, 2.45) is 0 Å². The Morgan fingerprint density at radius 3 is 2.08 bits per heavy atom. The van der Waals surface area contributed by atoms with Crippen molar-refractivity contribution in [2.45, 2.75) is 24.7 Å². The average Bonchev–Trinajstić information content (AvgIpc) is 1.94. The molecule has 77 valence electrons. The van der Waals surface area contributed by atoms with Crippen LogP contribution in [0.15, 0.2) is 29.2 Å². The molecule has 0 aliphatic rings. The number of halogens is 3. The van der Waals surface area contributed by atoms with E-state index in [4.69, 9.17) is 12.6 Å². The number of benzene rings is 1. The van der Waals surface area contributed by atoms with E-state index in [0.717, 1.165) is 11.3 Å². The molecule has 0 nitrogen and oxygen atoms in total. The second-order valence-corrected chi connectivity index (χ2v) is 2.80. The Labute approximate surface area is 81.9 Å². The van der Waals surface area contributed by atoms with Crippen molar-refractivity contribution in [3.8, 4) is 0 Å². The Hall–Kier alpha value is -0.770. The van der Waals surface area contributed by atoms with Crippen molar-refractivity contribution in [2.75, 3.05) is 0 Å². The van der Waals surface area contributed by atoms with Gasteiger partial charge in [-0.25, -0.2) is 0 Å². The summed E-state index contributed by atoms with van der Waals surface area (Å²) in [6.45, 7) is 2.17. The lowest BCUT2D eigenvalue weighted by Crippen LogP contribution is -1.83. The molecule has 0 fully saturated rings. The minimum absolute atomic E-state index is 0. The minimum atomic E-state index is 0. The number of hydrogen-bond acceptors (Lipinski definition) is 0. The quantitative estimate of drug-likeness (QED) is 0.700. The summed E-state index contributed by atoms with van der Waals surface area (Å²) >= 11 is 5.12. The summed E-state index contributed by atoms with van der Waals surface area (Å²) in [5.74, 6) is 0. The van der Waals surface area contributed by atoms with E-state index in [0.29, 0.717) is 0 Å². The first-order valence-electron chi connectivity index (χ1n) is 3.59. The van der Waals surface area contributed by atoms with Gasteiger partial charge in [0, 0.05) is 4.90 Å². The fraction of sp³-hybridized carbons (Fsp3) is 0.333. The Morgan fingerprint density at radius 2 is 1.62 bits per heavy atom. The summed E-state index contributed by atoms with van der Waals surface area (Å²) in [7, 11) is 0. The maximum absolute atomic E-state index is 5.12. The summed E-state index contributed by atoms with van der Waals surface area (Å²) in [6.07, 6.45) is 2.29. The molecule has 0 saturated heterocycles. The van der Waals surface area contributed by atoms with Crippen LogP contribution in [0.2, 0.25) is 0 Å². The van der Waals surface area contributed by atoms with E-state index in [1.54, 1.807) is 0 Å². The van der Waals surface area contributed by atoms with Crippen LogP contribution < -0.4 is 0 Å². The molecule has 0 bridgehead atoms. The van der Waals surface area contributed by atoms with E-state index >= 15 is 0 Å². The van der Waals surface area contributed by atoms with Gasteiger partial charge in [0.15, 0.2) is 0 Å². The highest BCUT2D eigenvalue weighted by atomic mass is 32.1. The molecule has 0 aromatic heterocycles. The monoisotopic (exact) mass is 211 g/mol. The zero-order chi connectivity index (χ0) is 7.40. The molecule has 0 spiro atoms. The first kappa shape index (κ1) is 18.1. The fourth-order valence-electron chi connectivity index (χ4n) is 0.980. The third kappa shape index (κ3) is 5.47. The van der Waals surface area contributed by atoms with E-state index in [9.17, 15) is 0 Å². The molecule has 4 heteroatoms. The van der Waals surface area contributed by atoms with Gasteiger partial charge in [-0.15, -0.1) is 0 Å². The van der Waals surface area contributed by atoms with Crippen LogP contribution in [0.3, 0.4) is 0 Å². The fourth-order valence-corrected chi connectivity index (χ4v) is 1.23. The average molecular weight is 211 g/mol. The number of rotatable bonds is 2. The lowest BCUT2D eigenvalue weighted by Gasteiger charge is -1.99. The van der Waals surface area contributed by atoms with Gasteiger partial charge in [-0.05, 0) is 18.1 Å². The van der Waals surface area contributed by atoms with E-state index in [-0.39, 0.29) is 14.1 Å². The molecule has 1 radical (unpaired) electrons. The Bertz CT molecular complexity index is 216. The van der Waals surface area contributed by atoms with Gasteiger partial charge in [-0.2, -0.15) is 0 Å². The van der Waals surface area contributed by atoms with E-state index in [1.807, 2.05) is 18.2 Å². The second kappa shape index (κ2) is 9.32. The van der Waals surface area contributed by atoms with Crippen molar-refractivity contribution >= 4 is 12.6 Å². The van der Waals surface area contributed by atoms with E-state index < -0.39 is 0 Å². The van der Waals surface area contributed by atoms with Crippen molar-refractivity contribution in [3.05, 3.63) is 29.8 Å². The van der Waals surface area contributed by atoms with Gasteiger partial charge in [0.1, 0.15) is 0 Å². The molecule has 0 atom stereocenters. The van der Waals surface area contributed by atoms with Crippen molar-refractivity contribution in [1.82, 2.24) is 0 Å². The topological polar surface area (TPSA) is 0 Å². The first-order valence-corrected chi connectivity index (χ1v) is 4.00. The molecule has 0 unspecified atom stereocenters. The molecule has 0 amide bonds. The van der Waals surface area contributed by atoms with Gasteiger partial charge < -0.3 is 0 Å². The molecule has 0 aliphatic carbocycles. The lowest BCUT2D eigenvalue weighted by atomic mass is 10.1. The van der Waals surface area contributed by atoms with Gasteiger partial charge in [-0.1, -0.05) is 44.2 Å². The molecule has 13 heavy (non-hydrogen) atoms. The summed E-state index contributed by atoms with van der Waals surface area (Å²) in [6, 6.07) is 8.12. The summed E-state index contributed by atoms with van der Waals surface area (Å²) in [4.78, 5) is 1.00. The van der Waals surface area contributed by atoms with Crippen LogP contribution in [-0.4, -0.2) is 0 Å². The second-order valence-electron chi connectivity index (χ2n) is 2.36. The van der Waals surface area contributed by atoms with Gasteiger partial charge in [0.2, 0.25) is 0 Å². The van der Waals surface area contributed by atoms with Gasteiger partial charge >= 0.3 is 0 Å². The van der Waals surface area contributed by atoms with Crippen LogP contribution in [0.25, 0.3) is 0 Å². The van der Waals surface area contributed by atoms with E-state index in [1.165, 1.54) is 12.0 Å². The van der Waals surface area contributed by atoms with Crippen LogP contribution >= 0.6 is 12.6 Å². The molecule has 0 N–H and O–H groups in total. The highest BCUT2D eigenvalue weighted by molar-refractivity contribution is 7.80. The number of aryl methyl sites for hydroxylation is 1. The molecule has 0 saturated carbocycles. The SMILES string of the molecule is CCCc1ccccc1[S].F.F.F. The molecule has 0 aliphatic heterocycles. The van der Waals surface area contributed by atoms with Gasteiger partial charge in [0.05, 0.1) is 0 Å². The van der Waals surface area contributed by atoms with Gasteiger partial charge in [-0.3, -0.25) is 14.1 Å². The standard InChI is InChI=1S/C9H11S.3FH/c1-2-5-8-6-3-4-7-9(8)10;;;/h3-4,6-7H,2,5H2,1H3;3*1H. The summed E-state index contributed by atoms with van der Waals surface area (Å²) in [5.41, 5.74) is 1.31. The van der Waals surface area contributed by atoms with Gasteiger partial charge in [0.25, 0.3) is 0 Å². The highest BCUT2D eigenvalue weighted by Crippen LogP contribution is 2.13. The van der Waals surface area contributed by atoms with Crippen molar-refractivity contribution in [3.63, 3.8) is 0 Å². The molecular weight excluding hydrogens is 197 g/mol. The Morgan fingerprint density at radius 1 is 1.08 bits per heavy atom. The zero-order valence-electron chi connectivity index (χ0n) is 7.36. The minimum Gasteiger partial charge on any atom is -0.269 e. The van der Waals surface area contributed by atoms with Crippen LogP contribution in [0.5, 0.6) is 0 Å². The van der Waals surface area contributed by atoms with Crippen LogP contribution in [0.1, 0.15) is 18.9 Å². The smallest absolute Gasteiger partial charge is 0.0409 e. The first-order chi connectivity index (χ1) is 4.84. The van der Waals surface area contributed by atoms with Crippen LogP contribution in [-0.2, 0) is 6.42 Å². The largest absolute Gasteiger partial charge is 0.269 e. The summed E-state index contributed by atoms with van der Waals surface area (Å²) < 4.78 is 0. The third-order valence-corrected chi connectivity index (χ3v) is 1.89. The predicted molar refractivity (Wildman–Crippen MR) is 53.8 cm³/mol. The molecule has 1 rings (SSSR count). The molecule has 0 heterocycles.